The SMILES string of the molecule is CCC1/C=C\C=C\C[C@@H](C)[C@H](O)[C@H](C)C(=O)[C@@H](C)[C@H](O)[C@@H](C)C(=O)[C@@H](C)[C@H](O)[C@@H](C)/C=C/C(=O)O[C@@H]2[C@H](C)[C@H](CC1)O[C@]1(CC[C@H](C)[C@H](C[C@@H](C)O)O1)[C@H]2C. The summed E-state index contributed by atoms with van der Waals surface area (Å²) >= 11 is 0. The summed E-state index contributed by atoms with van der Waals surface area (Å²) in [5, 5.41) is 43.8. The number of aliphatic hydroxyl groups excluding tert-OH is 4. The van der Waals surface area contributed by atoms with Crippen molar-refractivity contribution in [3.8, 4) is 0 Å². The van der Waals surface area contributed by atoms with Gasteiger partial charge in [0, 0.05) is 53.9 Å². The van der Waals surface area contributed by atoms with E-state index in [0.29, 0.717) is 19.3 Å². The second-order valence-corrected chi connectivity index (χ2v) is 17.7. The third kappa shape index (κ3) is 11.9. The van der Waals surface area contributed by atoms with Crippen molar-refractivity contribution in [3.63, 3.8) is 0 Å². The third-order valence-corrected chi connectivity index (χ3v) is 13.4. The number of fused-ring (bicyclic) bond motifs is 2. The van der Waals surface area contributed by atoms with Crippen LogP contribution in [0.25, 0.3) is 0 Å². The normalized spacial score (nSPS) is 46.1. The van der Waals surface area contributed by atoms with Gasteiger partial charge in [-0.25, -0.2) is 4.79 Å². The molecule has 10 nitrogen and oxygen atoms in total. The van der Waals surface area contributed by atoms with E-state index >= 15 is 0 Å². The molecular weight excluding hydrogens is 700 g/mol. The molecule has 0 aromatic rings. The Morgan fingerprint density at radius 2 is 1.36 bits per heavy atom. The van der Waals surface area contributed by atoms with E-state index in [1.165, 1.54) is 6.08 Å². The Balaban J connectivity index is 1.97. The molecule has 0 radical (unpaired) electrons. The Kier molecular flexibility index (Phi) is 18.0. The molecule has 3 heterocycles. The molecule has 55 heavy (non-hydrogen) atoms. The van der Waals surface area contributed by atoms with Crippen LogP contribution in [0.15, 0.2) is 36.5 Å². The second-order valence-electron chi connectivity index (χ2n) is 17.7. The topological polar surface area (TPSA) is 160 Å². The molecule has 10 heteroatoms. The molecule has 2 bridgehead atoms. The van der Waals surface area contributed by atoms with E-state index in [1.807, 2.05) is 32.1 Å². The quantitative estimate of drug-likeness (QED) is 0.226. The van der Waals surface area contributed by atoms with Crippen molar-refractivity contribution in [1.82, 2.24) is 0 Å². The maximum Gasteiger partial charge on any atom is 0.330 e. The molecule has 0 aliphatic carbocycles. The average Bonchev–Trinajstić information content (AvgIpc) is 3.16. The first-order valence-electron chi connectivity index (χ1n) is 21.1. The Morgan fingerprint density at radius 3 is 1.96 bits per heavy atom. The van der Waals surface area contributed by atoms with Gasteiger partial charge >= 0.3 is 5.97 Å². The Morgan fingerprint density at radius 1 is 0.764 bits per heavy atom. The fourth-order valence-electron chi connectivity index (χ4n) is 8.95. The number of aliphatic hydroxyl groups is 4. The molecule has 2 fully saturated rings. The summed E-state index contributed by atoms with van der Waals surface area (Å²) in [6.07, 6.45) is 11.1. The van der Waals surface area contributed by atoms with Crippen molar-refractivity contribution in [2.75, 3.05) is 0 Å². The molecule has 18 atom stereocenters. The Labute approximate surface area is 331 Å². The standard InChI is InChI=1S/C45H74O10/c1-12-35-17-15-13-14-16-26(3)39(48)30(7)41(50)32(9)43(52)33(10)42(51)31(8)40(49)27(4)18-21-38(47)53-44-29(6)36(20-19-35)54-45(34(44)11)23-22-25(2)37(55-45)24-28(5)46/h13-15,17-18,21,25-37,39-40,43-44,46,48-49,52H,12,16,19-20,22-24H2,1-11H3/b14-13+,17-15-,21-18+/t25-,26+,27-,28+,29+,30-,31-,32+,33-,34-,35?,36-,37-,39-,40+,43-,44+,45-/m0/s1. The first-order chi connectivity index (χ1) is 25.8. The summed E-state index contributed by atoms with van der Waals surface area (Å²) < 4.78 is 20.0. The molecule has 3 rings (SSSR count). The number of ether oxygens (including phenoxy) is 3. The molecule has 3 aliphatic rings. The van der Waals surface area contributed by atoms with E-state index < -0.39 is 77.6 Å². The molecule has 1 unspecified atom stereocenters. The molecule has 0 saturated carbocycles. The Hall–Kier alpha value is -2.21. The number of hydrogen-bond donors (Lipinski definition) is 4. The van der Waals surface area contributed by atoms with Crippen LogP contribution in [-0.4, -0.2) is 86.5 Å². The zero-order valence-electron chi connectivity index (χ0n) is 35.5. The van der Waals surface area contributed by atoms with Gasteiger partial charge in [-0.2, -0.15) is 0 Å². The number of hydrogen-bond acceptors (Lipinski definition) is 10. The lowest BCUT2D eigenvalue weighted by Gasteiger charge is -2.55. The van der Waals surface area contributed by atoms with Gasteiger partial charge in [0.15, 0.2) is 5.79 Å². The molecule has 3 aliphatic heterocycles. The van der Waals surface area contributed by atoms with E-state index in [4.69, 9.17) is 14.2 Å². The lowest BCUT2D eigenvalue weighted by Crippen LogP contribution is -2.62. The Bertz CT molecular complexity index is 1340. The average molecular weight is 775 g/mol. The van der Waals surface area contributed by atoms with Crippen molar-refractivity contribution in [3.05, 3.63) is 36.5 Å². The zero-order chi connectivity index (χ0) is 41.4. The van der Waals surface area contributed by atoms with Crippen molar-refractivity contribution >= 4 is 17.5 Å². The molecule has 2 saturated heterocycles. The minimum atomic E-state index is -1.30. The minimum Gasteiger partial charge on any atom is -0.458 e. The first-order valence-corrected chi connectivity index (χ1v) is 21.1. The maximum atomic E-state index is 13.5. The van der Waals surface area contributed by atoms with Crippen LogP contribution < -0.4 is 0 Å². The number of esters is 1. The van der Waals surface area contributed by atoms with Gasteiger partial charge in [0.1, 0.15) is 17.7 Å². The van der Waals surface area contributed by atoms with Crippen LogP contribution in [0, 0.1) is 59.2 Å². The van der Waals surface area contributed by atoms with E-state index in [9.17, 15) is 34.8 Å². The first kappa shape index (κ1) is 47.2. The van der Waals surface area contributed by atoms with Gasteiger partial charge in [-0.15, -0.1) is 0 Å². The van der Waals surface area contributed by atoms with Gasteiger partial charge < -0.3 is 34.6 Å². The summed E-state index contributed by atoms with van der Waals surface area (Å²) in [4.78, 5) is 40.4. The summed E-state index contributed by atoms with van der Waals surface area (Å²) in [7, 11) is 0. The molecule has 4 N–H and O–H groups in total. The number of carbonyl (C=O) groups excluding carboxylic acids is 3. The van der Waals surface area contributed by atoms with E-state index in [2.05, 4.69) is 26.8 Å². The second kappa shape index (κ2) is 21.0. The highest BCUT2D eigenvalue weighted by Gasteiger charge is 2.56. The number of allylic oxidation sites excluding steroid dienone is 4. The van der Waals surface area contributed by atoms with Crippen LogP contribution in [-0.2, 0) is 28.6 Å². The summed E-state index contributed by atoms with van der Waals surface area (Å²) in [6, 6.07) is 0. The van der Waals surface area contributed by atoms with Gasteiger partial charge in [0.05, 0.1) is 36.6 Å². The van der Waals surface area contributed by atoms with Crippen molar-refractivity contribution in [2.24, 2.45) is 59.2 Å². The van der Waals surface area contributed by atoms with E-state index in [0.717, 1.165) is 25.7 Å². The van der Waals surface area contributed by atoms with Crippen molar-refractivity contribution in [2.45, 2.75) is 170 Å². The lowest BCUT2D eigenvalue weighted by atomic mass is 9.74. The van der Waals surface area contributed by atoms with E-state index in [-0.39, 0.29) is 47.6 Å². The maximum absolute atomic E-state index is 13.5. The predicted molar refractivity (Wildman–Crippen MR) is 213 cm³/mol. The smallest absolute Gasteiger partial charge is 0.330 e. The van der Waals surface area contributed by atoms with Crippen molar-refractivity contribution in [1.29, 1.82) is 0 Å². The van der Waals surface area contributed by atoms with E-state index in [1.54, 1.807) is 47.6 Å². The minimum absolute atomic E-state index is 0.144. The van der Waals surface area contributed by atoms with Gasteiger partial charge in [0.2, 0.25) is 0 Å². The summed E-state index contributed by atoms with van der Waals surface area (Å²) in [5.74, 6) is -6.53. The number of Topliss-reactive ketones (excluding diaryl/α,β-unsaturated/α-hetero) is 2. The van der Waals surface area contributed by atoms with Gasteiger partial charge in [0.25, 0.3) is 0 Å². The fraction of sp³-hybridized carbons (Fsp3) is 0.800. The highest BCUT2D eigenvalue weighted by molar-refractivity contribution is 5.87. The molecular formula is C45H74O10. The number of ketones is 2. The highest BCUT2D eigenvalue weighted by atomic mass is 16.7. The van der Waals surface area contributed by atoms with Gasteiger partial charge in [-0.1, -0.05) is 99.6 Å². The zero-order valence-corrected chi connectivity index (χ0v) is 35.5. The largest absolute Gasteiger partial charge is 0.458 e. The molecule has 314 valence electrons. The van der Waals surface area contributed by atoms with Gasteiger partial charge in [-0.3, -0.25) is 9.59 Å². The van der Waals surface area contributed by atoms with Crippen LogP contribution >= 0.6 is 0 Å². The molecule has 0 aromatic carbocycles. The lowest BCUT2D eigenvalue weighted by molar-refractivity contribution is -0.371. The van der Waals surface area contributed by atoms with Crippen LogP contribution in [0.4, 0.5) is 0 Å². The number of carbonyl (C=O) groups is 3. The van der Waals surface area contributed by atoms with Crippen LogP contribution in [0.5, 0.6) is 0 Å². The van der Waals surface area contributed by atoms with Crippen LogP contribution in [0.2, 0.25) is 0 Å². The van der Waals surface area contributed by atoms with Crippen molar-refractivity contribution < 1.29 is 49.0 Å². The molecule has 1 spiro atoms. The predicted octanol–water partition coefficient (Wildman–Crippen LogP) is 6.77. The van der Waals surface area contributed by atoms with Gasteiger partial charge in [-0.05, 0) is 63.2 Å². The summed E-state index contributed by atoms with van der Waals surface area (Å²) in [6.45, 7) is 20.1. The fourth-order valence-corrected chi connectivity index (χ4v) is 8.95. The van der Waals surface area contributed by atoms with Crippen LogP contribution in [0.1, 0.15) is 121 Å². The monoisotopic (exact) mass is 775 g/mol. The van der Waals surface area contributed by atoms with Crippen LogP contribution in [0.3, 0.4) is 0 Å². The molecule has 0 aromatic heterocycles. The third-order valence-electron chi connectivity index (χ3n) is 13.4. The highest BCUT2D eigenvalue weighted by Crippen LogP contribution is 2.49. The molecule has 0 amide bonds. The number of rotatable bonds is 3. The summed E-state index contributed by atoms with van der Waals surface area (Å²) in [5.41, 5.74) is 0.